The van der Waals surface area contributed by atoms with Crippen LogP contribution in [-0.4, -0.2) is 48.9 Å². The van der Waals surface area contributed by atoms with E-state index >= 15 is 0 Å². The number of carbonyl (C=O) groups excluding carboxylic acids is 1. The zero-order valence-electron chi connectivity index (χ0n) is 12.9. The summed E-state index contributed by atoms with van der Waals surface area (Å²) in [5.41, 5.74) is 0. The van der Waals surface area contributed by atoms with Crippen molar-refractivity contribution in [2.75, 3.05) is 33.2 Å². The molecule has 0 unspecified atom stereocenters. The average Bonchev–Trinajstić information content (AvgIpc) is 2.80. The number of nitrogens with zero attached hydrogens (tertiary/aromatic N) is 2. The highest BCUT2D eigenvalue weighted by Gasteiger charge is 2.27. The van der Waals surface area contributed by atoms with Crippen LogP contribution in [0.3, 0.4) is 0 Å². The minimum absolute atomic E-state index is 0.242. The van der Waals surface area contributed by atoms with E-state index in [2.05, 4.69) is 18.9 Å². The molecule has 3 nitrogen and oxygen atoms in total. The van der Waals surface area contributed by atoms with E-state index in [4.69, 9.17) is 0 Å². The van der Waals surface area contributed by atoms with Crippen molar-refractivity contribution in [3.8, 4) is 0 Å². The van der Waals surface area contributed by atoms with Gasteiger partial charge in [0.2, 0.25) is 5.91 Å². The number of hydrogen-bond donors (Lipinski definition) is 0. The SMILES string of the molecule is CC(=O)N1CC[C@H](CN(C)C[C@H]2CCCC[C@H]2C)C1. The fourth-order valence-corrected chi connectivity index (χ4v) is 3.85. The Bertz CT molecular complexity index is 305. The van der Waals surface area contributed by atoms with Gasteiger partial charge in [0.1, 0.15) is 0 Å². The zero-order chi connectivity index (χ0) is 13.8. The van der Waals surface area contributed by atoms with Gasteiger partial charge in [-0.1, -0.05) is 26.2 Å². The predicted octanol–water partition coefficient (Wildman–Crippen LogP) is 2.61. The lowest BCUT2D eigenvalue weighted by Crippen LogP contribution is -2.35. The van der Waals surface area contributed by atoms with Gasteiger partial charge in [-0.2, -0.15) is 0 Å². The second-order valence-electron chi connectivity index (χ2n) is 6.86. The van der Waals surface area contributed by atoms with Crippen molar-refractivity contribution in [3.63, 3.8) is 0 Å². The van der Waals surface area contributed by atoms with Crippen molar-refractivity contribution in [2.45, 2.75) is 46.0 Å². The molecule has 0 aromatic carbocycles. The lowest BCUT2D eigenvalue weighted by molar-refractivity contribution is -0.127. The van der Waals surface area contributed by atoms with Crippen molar-refractivity contribution in [3.05, 3.63) is 0 Å². The van der Waals surface area contributed by atoms with E-state index in [1.807, 2.05) is 4.90 Å². The first-order chi connectivity index (χ1) is 9.06. The van der Waals surface area contributed by atoms with Crippen LogP contribution in [0.5, 0.6) is 0 Å². The Kier molecular flexibility index (Phi) is 5.26. The van der Waals surface area contributed by atoms with E-state index in [0.717, 1.165) is 31.5 Å². The van der Waals surface area contributed by atoms with Crippen molar-refractivity contribution >= 4 is 5.91 Å². The molecule has 1 heterocycles. The Morgan fingerprint density at radius 2 is 1.95 bits per heavy atom. The topological polar surface area (TPSA) is 23.6 Å². The van der Waals surface area contributed by atoms with Crippen LogP contribution in [-0.2, 0) is 4.79 Å². The lowest BCUT2D eigenvalue weighted by atomic mass is 9.80. The minimum Gasteiger partial charge on any atom is -0.343 e. The van der Waals surface area contributed by atoms with Crippen LogP contribution in [0.4, 0.5) is 0 Å². The van der Waals surface area contributed by atoms with E-state index in [9.17, 15) is 4.79 Å². The molecule has 0 radical (unpaired) electrons. The van der Waals surface area contributed by atoms with Crippen LogP contribution < -0.4 is 0 Å². The van der Waals surface area contributed by atoms with Crippen molar-refractivity contribution in [1.82, 2.24) is 9.80 Å². The summed E-state index contributed by atoms with van der Waals surface area (Å²) >= 11 is 0. The first-order valence-corrected chi connectivity index (χ1v) is 8.00. The van der Waals surface area contributed by atoms with Crippen molar-refractivity contribution < 1.29 is 4.79 Å². The van der Waals surface area contributed by atoms with E-state index in [0.29, 0.717) is 5.92 Å². The number of rotatable bonds is 4. The van der Waals surface area contributed by atoms with Crippen molar-refractivity contribution in [2.24, 2.45) is 17.8 Å². The summed E-state index contributed by atoms with van der Waals surface area (Å²) in [6.45, 7) is 8.46. The monoisotopic (exact) mass is 266 g/mol. The van der Waals surface area contributed by atoms with Crippen LogP contribution in [0, 0.1) is 17.8 Å². The van der Waals surface area contributed by atoms with Gasteiger partial charge < -0.3 is 9.80 Å². The fourth-order valence-electron chi connectivity index (χ4n) is 3.85. The molecule has 1 saturated carbocycles. The molecule has 0 spiro atoms. The Balaban J connectivity index is 1.72. The van der Waals surface area contributed by atoms with E-state index < -0.39 is 0 Å². The summed E-state index contributed by atoms with van der Waals surface area (Å²) in [6, 6.07) is 0. The summed E-state index contributed by atoms with van der Waals surface area (Å²) in [5.74, 6) is 2.72. The molecule has 1 aliphatic heterocycles. The normalized spacial score (nSPS) is 32.0. The van der Waals surface area contributed by atoms with Gasteiger partial charge in [-0.25, -0.2) is 0 Å². The molecule has 0 aromatic rings. The summed E-state index contributed by atoms with van der Waals surface area (Å²) in [7, 11) is 2.26. The van der Waals surface area contributed by atoms with Crippen LogP contribution in [0.2, 0.25) is 0 Å². The molecular weight excluding hydrogens is 236 g/mol. The van der Waals surface area contributed by atoms with E-state index in [1.165, 1.54) is 38.6 Å². The second kappa shape index (κ2) is 6.74. The summed E-state index contributed by atoms with van der Waals surface area (Å²) in [5, 5.41) is 0. The van der Waals surface area contributed by atoms with Gasteiger partial charge in [0.05, 0.1) is 0 Å². The van der Waals surface area contributed by atoms with Gasteiger partial charge in [-0.3, -0.25) is 4.79 Å². The first kappa shape index (κ1) is 14.8. The maximum Gasteiger partial charge on any atom is 0.219 e. The average molecular weight is 266 g/mol. The molecule has 1 amide bonds. The minimum atomic E-state index is 0.242. The Morgan fingerprint density at radius 1 is 1.21 bits per heavy atom. The number of amides is 1. The van der Waals surface area contributed by atoms with Crippen LogP contribution >= 0.6 is 0 Å². The quantitative estimate of drug-likeness (QED) is 0.781. The molecule has 2 rings (SSSR count). The van der Waals surface area contributed by atoms with Crippen LogP contribution in [0.15, 0.2) is 0 Å². The van der Waals surface area contributed by atoms with Gasteiger partial charge >= 0.3 is 0 Å². The fraction of sp³-hybridized carbons (Fsp3) is 0.938. The molecule has 19 heavy (non-hydrogen) atoms. The number of carbonyl (C=O) groups is 1. The molecule has 0 aromatic heterocycles. The van der Waals surface area contributed by atoms with Gasteiger partial charge in [0.25, 0.3) is 0 Å². The highest BCUT2D eigenvalue weighted by Crippen LogP contribution is 2.30. The van der Waals surface area contributed by atoms with Gasteiger partial charge in [0.15, 0.2) is 0 Å². The predicted molar refractivity (Wildman–Crippen MR) is 79.0 cm³/mol. The third-order valence-corrected chi connectivity index (χ3v) is 5.14. The second-order valence-corrected chi connectivity index (χ2v) is 6.86. The molecule has 110 valence electrons. The first-order valence-electron chi connectivity index (χ1n) is 8.00. The third kappa shape index (κ3) is 4.20. The molecule has 0 N–H and O–H groups in total. The third-order valence-electron chi connectivity index (χ3n) is 5.14. The largest absolute Gasteiger partial charge is 0.343 e. The molecule has 3 atom stereocenters. The maximum atomic E-state index is 11.3. The Hall–Kier alpha value is -0.570. The highest BCUT2D eigenvalue weighted by molar-refractivity contribution is 5.73. The Morgan fingerprint density at radius 3 is 2.58 bits per heavy atom. The van der Waals surface area contributed by atoms with Crippen LogP contribution in [0.25, 0.3) is 0 Å². The molecule has 3 heteroatoms. The molecular formula is C16H30N2O. The molecule has 2 fully saturated rings. The molecule has 2 aliphatic rings. The van der Waals surface area contributed by atoms with Gasteiger partial charge in [0, 0.05) is 33.1 Å². The summed E-state index contributed by atoms with van der Waals surface area (Å²) < 4.78 is 0. The standard InChI is InChI=1S/C16H30N2O/c1-13-6-4-5-7-16(13)12-17(3)10-15-8-9-18(11-15)14(2)19/h13,15-16H,4-12H2,1-3H3/t13-,15-,16-/m1/s1. The summed E-state index contributed by atoms with van der Waals surface area (Å²) in [4.78, 5) is 15.9. The highest BCUT2D eigenvalue weighted by atomic mass is 16.2. The van der Waals surface area contributed by atoms with Gasteiger partial charge in [-0.15, -0.1) is 0 Å². The van der Waals surface area contributed by atoms with E-state index in [1.54, 1.807) is 6.92 Å². The molecule has 1 aliphatic carbocycles. The number of hydrogen-bond acceptors (Lipinski definition) is 2. The smallest absolute Gasteiger partial charge is 0.219 e. The summed E-state index contributed by atoms with van der Waals surface area (Å²) in [6.07, 6.45) is 6.86. The Labute approximate surface area is 118 Å². The zero-order valence-corrected chi connectivity index (χ0v) is 12.9. The van der Waals surface area contributed by atoms with E-state index in [-0.39, 0.29) is 5.91 Å². The van der Waals surface area contributed by atoms with Crippen molar-refractivity contribution in [1.29, 1.82) is 0 Å². The van der Waals surface area contributed by atoms with Gasteiger partial charge in [-0.05, 0) is 37.6 Å². The molecule has 0 bridgehead atoms. The lowest BCUT2D eigenvalue weighted by Gasteiger charge is -2.33. The van der Waals surface area contributed by atoms with Crippen LogP contribution in [0.1, 0.15) is 46.0 Å². The molecule has 1 saturated heterocycles. The maximum absolute atomic E-state index is 11.3. The number of likely N-dealkylation sites (tertiary alicyclic amines) is 1.